The van der Waals surface area contributed by atoms with Crippen molar-refractivity contribution in [1.29, 1.82) is 0 Å². The van der Waals surface area contributed by atoms with E-state index in [2.05, 4.69) is 0 Å². The van der Waals surface area contributed by atoms with E-state index in [9.17, 15) is 19.8 Å². The van der Waals surface area contributed by atoms with Gasteiger partial charge in [-0.25, -0.2) is 0 Å². The minimum absolute atomic E-state index is 0.00332. The molecule has 0 bridgehead atoms. The summed E-state index contributed by atoms with van der Waals surface area (Å²) < 4.78 is 5.74. The second kappa shape index (κ2) is 8.02. The average molecular weight is 452 g/mol. The number of fused-ring (bicyclic) bond motifs is 1. The Kier molecular flexibility index (Phi) is 5.18. The predicted octanol–water partition coefficient (Wildman–Crippen LogP) is 5.70. The lowest BCUT2D eigenvalue weighted by Crippen LogP contribution is -2.41. The summed E-state index contributed by atoms with van der Waals surface area (Å²) in [5.41, 5.74) is 1.14. The van der Waals surface area contributed by atoms with E-state index in [0.29, 0.717) is 21.6 Å². The number of phenols is 1. The van der Waals surface area contributed by atoms with Crippen molar-refractivity contribution >= 4 is 34.3 Å². The molecule has 2 N–H and O–H groups in total. The Labute approximate surface area is 189 Å². The summed E-state index contributed by atoms with van der Waals surface area (Å²) in [7, 11) is 0. The fraction of sp³-hybridized carbons (Fsp3) is 0.280. The number of carbonyl (C=O) groups is 2. The SMILES string of the molecule is O=C(C1=C(O)C(=O)N(C2CCCCC2)C1c1ccc(O)cc1)c1cc2cc(Cl)ccc2o1. The molecule has 0 radical (unpaired) electrons. The van der Waals surface area contributed by atoms with Crippen molar-refractivity contribution < 1.29 is 24.2 Å². The molecule has 164 valence electrons. The number of hydrogen-bond acceptors (Lipinski definition) is 5. The van der Waals surface area contributed by atoms with Crippen LogP contribution in [-0.4, -0.2) is 32.8 Å². The van der Waals surface area contributed by atoms with Crippen LogP contribution in [0.5, 0.6) is 5.75 Å². The lowest BCUT2D eigenvalue weighted by atomic mass is 9.90. The van der Waals surface area contributed by atoms with Crippen LogP contribution in [0.25, 0.3) is 11.0 Å². The van der Waals surface area contributed by atoms with Gasteiger partial charge in [0.05, 0.1) is 11.6 Å². The second-order valence-electron chi connectivity index (χ2n) is 8.38. The van der Waals surface area contributed by atoms with Gasteiger partial charge in [0.15, 0.2) is 11.5 Å². The number of rotatable bonds is 4. The van der Waals surface area contributed by atoms with Crippen molar-refractivity contribution in [3.63, 3.8) is 0 Å². The van der Waals surface area contributed by atoms with Crippen LogP contribution in [0, 0.1) is 0 Å². The number of carbonyl (C=O) groups excluding carboxylic acids is 2. The molecule has 0 saturated heterocycles. The zero-order chi connectivity index (χ0) is 22.4. The largest absolute Gasteiger partial charge is 0.508 e. The van der Waals surface area contributed by atoms with Gasteiger partial charge in [0.1, 0.15) is 11.3 Å². The third-order valence-corrected chi connectivity index (χ3v) is 6.60. The number of nitrogens with zero attached hydrogens (tertiary/aromatic N) is 1. The molecule has 32 heavy (non-hydrogen) atoms. The topological polar surface area (TPSA) is 91.0 Å². The number of amides is 1. The third kappa shape index (κ3) is 3.45. The molecule has 2 aromatic carbocycles. The molecule has 1 aromatic heterocycles. The van der Waals surface area contributed by atoms with Crippen molar-refractivity contribution in [2.75, 3.05) is 0 Å². The fourth-order valence-corrected chi connectivity index (χ4v) is 5.01. The molecular weight excluding hydrogens is 430 g/mol. The smallest absolute Gasteiger partial charge is 0.290 e. The Morgan fingerprint density at radius 2 is 1.72 bits per heavy atom. The lowest BCUT2D eigenvalue weighted by Gasteiger charge is -2.36. The Bertz CT molecular complexity index is 1240. The zero-order valence-corrected chi connectivity index (χ0v) is 18.0. The molecular formula is C25H22ClNO5. The van der Waals surface area contributed by atoms with Gasteiger partial charge < -0.3 is 19.5 Å². The molecule has 7 heteroatoms. The summed E-state index contributed by atoms with van der Waals surface area (Å²) in [5.74, 6) is -1.52. The van der Waals surface area contributed by atoms with Crippen LogP contribution in [0.1, 0.15) is 54.3 Å². The van der Waals surface area contributed by atoms with Gasteiger partial charge in [-0.15, -0.1) is 0 Å². The van der Waals surface area contributed by atoms with Crippen LogP contribution in [0.3, 0.4) is 0 Å². The summed E-state index contributed by atoms with van der Waals surface area (Å²) >= 11 is 6.05. The maximum atomic E-state index is 13.6. The molecule has 1 aliphatic carbocycles. The maximum absolute atomic E-state index is 13.6. The van der Waals surface area contributed by atoms with Crippen molar-refractivity contribution in [2.24, 2.45) is 0 Å². The Morgan fingerprint density at radius 3 is 2.44 bits per heavy atom. The normalized spacial score (nSPS) is 19.8. The van der Waals surface area contributed by atoms with Gasteiger partial charge in [0.25, 0.3) is 5.91 Å². The second-order valence-corrected chi connectivity index (χ2v) is 8.82. The number of aliphatic hydroxyl groups is 1. The number of hydrogen-bond donors (Lipinski definition) is 2. The zero-order valence-electron chi connectivity index (χ0n) is 17.3. The number of Topliss-reactive ketones (excluding diaryl/α,β-unsaturated/α-hetero) is 1. The van der Waals surface area contributed by atoms with Crippen LogP contribution in [0.4, 0.5) is 0 Å². The van der Waals surface area contributed by atoms with E-state index in [1.807, 2.05) is 0 Å². The summed E-state index contributed by atoms with van der Waals surface area (Å²) in [6.07, 6.45) is 4.72. The predicted molar refractivity (Wildman–Crippen MR) is 120 cm³/mol. The van der Waals surface area contributed by atoms with Gasteiger partial charge in [0, 0.05) is 16.5 Å². The molecule has 6 nitrogen and oxygen atoms in total. The minimum atomic E-state index is -0.754. The van der Waals surface area contributed by atoms with E-state index >= 15 is 0 Å². The molecule has 1 aliphatic heterocycles. The van der Waals surface area contributed by atoms with Crippen LogP contribution >= 0.6 is 11.6 Å². The first kappa shape index (κ1) is 20.6. The highest BCUT2D eigenvalue weighted by atomic mass is 35.5. The molecule has 2 aliphatic rings. The number of ketones is 1. The number of aromatic hydroxyl groups is 1. The molecule has 3 aromatic rings. The summed E-state index contributed by atoms with van der Waals surface area (Å²) in [6.45, 7) is 0. The Morgan fingerprint density at radius 1 is 1.00 bits per heavy atom. The molecule has 5 rings (SSSR count). The van der Waals surface area contributed by atoms with E-state index in [1.165, 1.54) is 12.1 Å². The van der Waals surface area contributed by atoms with Crippen LogP contribution in [-0.2, 0) is 4.79 Å². The molecule has 1 unspecified atom stereocenters. The highest BCUT2D eigenvalue weighted by molar-refractivity contribution is 6.31. The molecule has 1 amide bonds. The summed E-state index contributed by atoms with van der Waals surface area (Å²) in [6, 6.07) is 12.2. The standard InChI is InChI=1S/C25H22ClNO5/c26-16-8-11-19-15(12-16)13-20(32-19)23(29)21-22(14-6-9-18(28)10-7-14)27(25(31)24(21)30)17-4-2-1-3-5-17/h6-13,17,22,28,30H,1-5H2. The minimum Gasteiger partial charge on any atom is -0.508 e. The van der Waals surface area contributed by atoms with Crippen LogP contribution in [0.2, 0.25) is 5.02 Å². The first-order valence-corrected chi connectivity index (χ1v) is 11.1. The van der Waals surface area contributed by atoms with E-state index in [1.54, 1.807) is 41.3 Å². The van der Waals surface area contributed by atoms with E-state index in [-0.39, 0.29) is 23.1 Å². The molecule has 1 saturated carbocycles. The van der Waals surface area contributed by atoms with Gasteiger partial charge in [-0.2, -0.15) is 0 Å². The van der Waals surface area contributed by atoms with Crippen molar-refractivity contribution in [3.8, 4) is 5.75 Å². The van der Waals surface area contributed by atoms with Crippen molar-refractivity contribution in [3.05, 3.63) is 76.2 Å². The highest BCUT2D eigenvalue weighted by Crippen LogP contribution is 2.43. The van der Waals surface area contributed by atoms with Crippen molar-refractivity contribution in [1.82, 2.24) is 4.90 Å². The van der Waals surface area contributed by atoms with Gasteiger partial charge in [-0.05, 0) is 54.8 Å². The van der Waals surface area contributed by atoms with Crippen molar-refractivity contribution in [2.45, 2.75) is 44.2 Å². The van der Waals surface area contributed by atoms with E-state index in [0.717, 1.165) is 32.1 Å². The number of furan rings is 1. The first-order chi connectivity index (χ1) is 15.4. The van der Waals surface area contributed by atoms with Crippen LogP contribution < -0.4 is 0 Å². The van der Waals surface area contributed by atoms with E-state index < -0.39 is 23.5 Å². The lowest BCUT2D eigenvalue weighted by molar-refractivity contribution is -0.132. The Balaban J connectivity index is 1.60. The summed E-state index contributed by atoms with van der Waals surface area (Å²) in [4.78, 5) is 28.4. The number of benzene rings is 2. The molecule has 0 spiro atoms. The van der Waals surface area contributed by atoms with Gasteiger partial charge in [0.2, 0.25) is 5.78 Å². The number of phenolic OH excluding ortho intramolecular Hbond substituents is 1. The average Bonchev–Trinajstić information content (AvgIpc) is 3.33. The molecule has 2 heterocycles. The van der Waals surface area contributed by atoms with Gasteiger partial charge in [-0.1, -0.05) is 43.0 Å². The Hall–Kier alpha value is -3.25. The summed E-state index contributed by atoms with van der Waals surface area (Å²) in [5, 5.41) is 21.8. The molecule has 1 fully saturated rings. The monoisotopic (exact) mass is 451 g/mol. The fourth-order valence-electron chi connectivity index (χ4n) is 4.83. The van der Waals surface area contributed by atoms with Gasteiger partial charge in [-0.3, -0.25) is 9.59 Å². The maximum Gasteiger partial charge on any atom is 0.290 e. The van der Waals surface area contributed by atoms with E-state index in [4.69, 9.17) is 16.0 Å². The highest BCUT2D eigenvalue weighted by Gasteiger charge is 2.47. The van der Waals surface area contributed by atoms with Gasteiger partial charge >= 0.3 is 0 Å². The number of halogens is 1. The third-order valence-electron chi connectivity index (χ3n) is 6.37. The first-order valence-electron chi connectivity index (χ1n) is 10.7. The van der Waals surface area contributed by atoms with Crippen LogP contribution in [0.15, 0.2) is 64.3 Å². The quantitative estimate of drug-likeness (QED) is 0.496. The number of aliphatic hydroxyl groups excluding tert-OH is 1. The molecule has 1 atom stereocenters.